The van der Waals surface area contributed by atoms with Crippen molar-refractivity contribution in [3.05, 3.63) is 84.5 Å². The Bertz CT molecular complexity index is 1090. The van der Waals surface area contributed by atoms with E-state index in [1.807, 2.05) is 31.2 Å². The van der Waals surface area contributed by atoms with Crippen molar-refractivity contribution in [3.63, 3.8) is 0 Å². The standard InChI is InChI=1S/C15H13S3.C9H2O2.C3H6.Al.B.HN.3H2/c16-15(17-11-13-7-3-1-4-8-13)18-12-14-9-5-2-6-10-14;1-2-3-4-5-6-7-8-11-9-10;1-3-2;;;;;;/h1,3-10H,11-12H2;1,9H;3H,1H2,2H3;;;4*1H/q+1;;;;;;;;. The molecule has 4 radical (unpaired) electrons. The van der Waals surface area contributed by atoms with Crippen molar-refractivity contribution in [2.45, 2.75) is 12.7 Å². The first-order valence-corrected chi connectivity index (χ1v) is 12.3. The van der Waals surface area contributed by atoms with Crippen LogP contribution in [0.5, 0.6) is 0 Å². The Morgan fingerprint density at radius 3 is 2.37 bits per heavy atom. The molecule has 0 atom stereocenters. The van der Waals surface area contributed by atoms with E-state index in [0.717, 1.165) is 15.0 Å². The second-order valence-corrected chi connectivity index (χ2v) is 8.37. The molecule has 0 unspecified atom stereocenters. The molecule has 1 aliphatic rings. The molecule has 0 fully saturated rings. The van der Waals surface area contributed by atoms with Gasteiger partial charge in [-0.15, -0.1) is 36.5 Å². The molecule has 1 aromatic rings. The van der Waals surface area contributed by atoms with E-state index < -0.39 is 0 Å². The number of thiocarbonyl (C=S) groups is 1. The number of carbonyl (C=O) groups excluding carboxylic acids is 1. The van der Waals surface area contributed by atoms with Gasteiger partial charge in [0.2, 0.25) is 0 Å². The van der Waals surface area contributed by atoms with E-state index in [1.165, 1.54) is 11.1 Å². The molecule has 0 bridgehead atoms. The molecule has 2 rings (SSSR count). The minimum absolute atomic E-state index is 0. The fourth-order valence-electron chi connectivity index (χ4n) is 1.63. The molecule has 0 spiro atoms. The van der Waals surface area contributed by atoms with Crippen molar-refractivity contribution in [1.29, 1.82) is 4.35 Å². The van der Waals surface area contributed by atoms with E-state index in [1.54, 1.807) is 45.7 Å². The molecule has 1 N–H and O–H groups in total. The summed E-state index contributed by atoms with van der Waals surface area (Å²) in [5.74, 6) is 15.4. The Labute approximate surface area is 238 Å². The molecule has 0 saturated carbocycles. The van der Waals surface area contributed by atoms with Crippen molar-refractivity contribution in [2.75, 3.05) is 5.75 Å². The van der Waals surface area contributed by atoms with Gasteiger partial charge in [-0.1, -0.05) is 48.6 Å². The average molecular weight is 533 g/mol. The van der Waals surface area contributed by atoms with Crippen LogP contribution in [0.4, 0.5) is 0 Å². The summed E-state index contributed by atoms with van der Waals surface area (Å²) in [6, 6.07) is 10.4. The molecule has 3 nitrogen and oxygen atoms in total. The summed E-state index contributed by atoms with van der Waals surface area (Å²) in [4.78, 5) is 9.51. The summed E-state index contributed by atoms with van der Waals surface area (Å²) in [5.41, 5.74) is 2.61. The number of benzene rings is 1. The van der Waals surface area contributed by atoms with Crippen LogP contribution in [0.1, 0.15) is 16.8 Å². The molecule has 1 aromatic carbocycles. The normalized spacial score (nSPS) is 8.49. The van der Waals surface area contributed by atoms with Crippen molar-refractivity contribution < 1.29 is 13.8 Å². The van der Waals surface area contributed by atoms with E-state index in [2.05, 4.69) is 89.3 Å². The summed E-state index contributed by atoms with van der Waals surface area (Å²) in [6.07, 6.45) is 19.6. The molecule has 0 heterocycles. The maximum atomic E-state index is 9.51. The first-order valence-electron chi connectivity index (χ1n) is 9.37. The predicted molar refractivity (Wildman–Crippen MR) is 164 cm³/mol. The van der Waals surface area contributed by atoms with E-state index in [-0.39, 0.29) is 19.2 Å². The van der Waals surface area contributed by atoms with Crippen LogP contribution in [0.25, 0.3) is 0 Å². The van der Waals surface area contributed by atoms with Crippen LogP contribution in [-0.2, 0) is 15.3 Å². The Balaban J connectivity index is -0.000000112. The average Bonchev–Trinajstić information content (AvgIpc) is 2.89. The molecule has 0 saturated heterocycles. The van der Waals surface area contributed by atoms with Crippen LogP contribution in [0, 0.1) is 58.5 Å². The third-order valence-electron chi connectivity index (χ3n) is 2.82. The first-order chi connectivity index (χ1) is 16.7. The quantitative estimate of drug-likeness (QED) is 0.126. The van der Waals surface area contributed by atoms with Gasteiger partial charge >= 0.3 is 26.9 Å². The summed E-state index contributed by atoms with van der Waals surface area (Å²) in [7, 11) is 0. The second kappa shape index (κ2) is 31.0. The zero-order valence-electron chi connectivity index (χ0n) is 19.2. The number of allylic oxidation sites excluding steroid dienone is 6. The van der Waals surface area contributed by atoms with Gasteiger partial charge in [0.25, 0.3) is 0 Å². The Morgan fingerprint density at radius 1 is 1.20 bits per heavy atom. The summed E-state index contributed by atoms with van der Waals surface area (Å²) < 4.78 is 10.7. The van der Waals surface area contributed by atoms with Crippen molar-refractivity contribution in [2.24, 2.45) is 0 Å². The van der Waals surface area contributed by atoms with Crippen LogP contribution in [0.3, 0.4) is 0 Å². The molecule has 0 amide bonds. The maximum absolute atomic E-state index is 9.51. The third kappa shape index (κ3) is 27.1. The number of nitrogens with one attached hydrogen (secondary N) is 1. The van der Waals surface area contributed by atoms with E-state index in [4.69, 9.17) is 23.0 Å². The Morgan fingerprint density at radius 2 is 1.80 bits per heavy atom. The molecule has 0 aliphatic heterocycles. The summed E-state index contributed by atoms with van der Waals surface area (Å²) in [5, 5.41) is 0. The molecule has 8 heteroatoms. The number of ether oxygens (including phenoxy) is 1. The predicted octanol–water partition coefficient (Wildman–Crippen LogP) is 6.02. The number of hydrogen-bond donors (Lipinski definition) is 1. The van der Waals surface area contributed by atoms with Gasteiger partial charge in [0.05, 0.1) is 17.7 Å². The van der Waals surface area contributed by atoms with E-state index in [9.17, 15) is 4.79 Å². The Hall–Kier alpha value is -3.01. The first kappa shape index (κ1) is 36.6. The second-order valence-electron chi connectivity index (χ2n) is 5.21. The zero-order valence-corrected chi connectivity index (χ0v) is 22.8. The van der Waals surface area contributed by atoms with E-state index in [0.29, 0.717) is 0 Å². The SMILES string of the molecule is C#CC#CC#CC#COC=O.C=CC.S=C(SCC1=CC=[C+]C=C1)SCc1ccccc1.[B].[HH].[HH].[HH].[NH]=[Al]. The fraction of sp³-hybridized carbons (Fsp3) is 0.111. The minimum atomic E-state index is 0. The number of carbonyl (C=O) groups is 1. The molecule has 176 valence electrons. The fourth-order valence-corrected chi connectivity index (χ4v) is 3.62. The Kier molecular flexibility index (Phi) is 32.4. The van der Waals surface area contributed by atoms with Crippen molar-refractivity contribution in [3.8, 4) is 48.1 Å². The van der Waals surface area contributed by atoms with Crippen LogP contribution in [0.15, 0.2) is 72.9 Å². The zero-order chi connectivity index (χ0) is 25.7. The van der Waals surface area contributed by atoms with Crippen LogP contribution >= 0.6 is 35.7 Å². The number of thioether (sulfide) groups is 2. The molecular weight excluding hydrogens is 504 g/mol. The van der Waals surface area contributed by atoms with Gasteiger partial charge in [0.1, 0.15) is 21.8 Å². The van der Waals surface area contributed by atoms with Gasteiger partial charge in [-0.25, -0.2) is 0 Å². The number of terminal acetylenes is 1. The van der Waals surface area contributed by atoms with Gasteiger partial charge in [-0.05, 0) is 30.2 Å². The molecule has 1 aliphatic carbocycles. The van der Waals surface area contributed by atoms with Crippen LogP contribution in [0.2, 0.25) is 0 Å². The van der Waals surface area contributed by atoms with Crippen molar-refractivity contribution in [1.82, 2.24) is 0 Å². The summed E-state index contributed by atoms with van der Waals surface area (Å²) >= 11 is 10.5. The van der Waals surface area contributed by atoms with E-state index >= 15 is 0 Å². The van der Waals surface area contributed by atoms with Gasteiger partial charge < -0.3 is 4.74 Å². The van der Waals surface area contributed by atoms with Gasteiger partial charge in [0, 0.05) is 48.0 Å². The third-order valence-corrected chi connectivity index (χ3v) is 5.66. The van der Waals surface area contributed by atoms with Crippen LogP contribution in [-0.4, -0.2) is 40.3 Å². The van der Waals surface area contributed by atoms with Crippen molar-refractivity contribution >= 4 is 70.3 Å². The number of hydrogen-bond acceptors (Lipinski definition) is 6. The topological polar surface area (TPSA) is 50.2 Å². The monoisotopic (exact) mass is 532 g/mol. The molecular formula is C27H28AlBNO2S3+. The molecule has 0 aromatic heterocycles. The van der Waals surface area contributed by atoms with Crippen LogP contribution < -0.4 is 0 Å². The molecule has 35 heavy (non-hydrogen) atoms. The van der Waals surface area contributed by atoms with Gasteiger partial charge in [-0.2, -0.15) is 0 Å². The summed E-state index contributed by atoms with van der Waals surface area (Å²) in [6.45, 7) is 5.46. The number of rotatable bonds is 5. The van der Waals surface area contributed by atoms with Gasteiger partial charge in [0.15, 0.2) is 0 Å². The van der Waals surface area contributed by atoms with Gasteiger partial charge in [-0.3, -0.25) is 4.79 Å².